The van der Waals surface area contributed by atoms with Crippen LogP contribution in [0.15, 0.2) is 29.2 Å². The van der Waals surface area contributed by atoms with Gasteiger partial charge in [0.1, 0.15) is 10.1 Å². The van der Waals surface area contributed by atoms with E-state index in [1.807, 2.05) is 31.2 Å². The molecule has 0 N–H and O–H groups in total. The van der Waals surface area contributed by atoms with Gasteiger partial charge in [-0.3, -0.25) is 9.69 Å². The van der Waals surface area contributed by atoms with Gasteiger partial charge in [-0.15, -0.1) is 0 Å². The van der Waals surface area contributed by atoms with Crippen molar-refractivity contribution >= 4 is 46.3 Å². The third-order valence-electron chi connectivity index (χ3n) is 3.29. The Hall–Kier alpha value is -1.86. The predicted molar refractivity (Wildman–Crippen MR) is 96.3 cm³/mol. The number of carboxylic acids is 1. The van der Waals surface area contributed by atoms with E-state index in [4.69, 9.17) is 17.0 Å². The van der Waals surface area contributed by atoms with E-state index >= 15 is 0 Å². The number of thioether (sulfide) groups is 1. The lowest BCUT2D eigenvalue weighted by Crippen LogP contribution is -2.30. The Kier molecular flexibility index (Phi) is 6.81. The van der Waals surface area contributed by atoms with Crippen LogP contribution in [0.5, 0.6) is 5.75 Å². The SMILES string of the molecule is CCCOc1ccc(/C=C2\SC(=S)N(CCCC(=O)[O-])C2=O)cc1. The van der Waals surface area contributed by atoms with Crippen molar-refractivity contribution in [1.29, 1.82) is 0 Å². The number of amides is 1. The monoisotopic (exact) mass is 364 g/mol. The highest BCUT2D eigenvalue weighted by atomic mass is 32.2. The fraction of sp³-hybridized carbons (Fsp3) is 0.353. The van der Waals surface area contributed by atoms with E-state index in [0.29, 0.717) is 28.8 Å². The van der Waals surface area contributed by atoms with Gasteiger partial charge in [0, 0.05) is 12.5 Å². The molecule has 5 nitrogen and oxygen atoms in total. The molecule has 1 saturated heterocycles. The smallest absolute Gasteiger partial charge is 0.266 e. The molecule has 24 heavy (non-hydrogen) atoms. The summed E-state index contributed by atoms with van der Waals surface area (Å²) in [6.07, 6.45) is 2.96. The third kappa shape index (κ3) is 5.07. The quantitative estimate of drug-likeness (QED) is 0.520. The van der Waals surface area contributed by atoms with Crippen molar-refractivity contribution in [3.63, 3.8) is 0 Å². The van der Waals surface area contributed by atoms with Gasteiger partial charge in [-0.1, -0.05) is 43.0 Å². The zero-order valence-electron chi connectivity index (χ0n) is 13.3. The van der Waals surface area contributed by atoms with Crippen LogP contribution >= 0.6 is 24.0 Å². The Labute approximate surface area is 150 Å². The maximum absolute atomic E-state index is 12.4. The average molecular weight is 364 g/mol. The molecule has 2 rings (SSSR count). The van der Waals surface area contributed by atoms with Crippen LogP contribution in [0.4, 0.5) is 0 Å². The standard InChI is InChI=1S/C17H19NO4S2/c1-2-10-22-13-7-5-12(6-8-13)11-14-16(21)18(17(23)24-14)9-3-4-15(19)20/h5-8,11H,2-4,9-10H2,1H3,(H,19,20)/p-1/b14-11-. The molecule has 1 aromatic rings. The van der Waals surface area contributed by atoms with Crippen LogP contribution in [0.25, 0.3) is 6.08 Å². The number of rotatable bonds is 8. The molecule has 1 fully saturated rings. The lowest BCUT2D eigenvalue weighted by atomic mass is 10.2. The average Bonchev–Trinajstić information content (AvgIpc) is 2.81. The highest BCUT2D eigenvalue weighted by molar-refractivity contribution is 8.26. The number of hydrogen-bond donors (Lipinski definition) is 0. The summed E-state index contributed by atoms with van der Waals surface area (Å²) in [5.74, 6) is -0.514. The minimum atomic E-state index is -1.12. The molecule has 128 valence electrons. The lowest BCUT2D eigenvalue weighted by molar-refractivity contribution is -0.305. The van der Waals surface area contributed by atoms with E-state index in [1.54, 1.807) is 6.08 Å². The molecule has 0 bridgehead atoms. The van der Waals surface area contributed by atoms with Crippen molar-refractivity contribution in [2.45, 2.75) is 26.2 Å². The summed E-state index contributed by atoms with van der Waals surface area (Å²) in [7, 11) is 0. The number of ether oxygens (including phenoxy) is 1. The van der Waals surface area contributed by atoms with Gasteiger partial charge in [0.2, 0.25) is 0 Å². The Morgan fingerprint density at radius 1 is 1.38 bits per heavy atom. The summed E-state index contributed by atoms with van der Waals surface area (Å²) in [6.45, 7) is 3.01. The molecule has 0 unspecified atom stereocenters. The summed E-state index contributed by atoms with van der Waals surface area (Å²) in [4.78, 5) is 24.8. The number of thiocarbonyl (C=S) groups is 1. The Bertz CT molecular complexity index is 655. The highest BCUT2D eigenvalue weighted by Crippen LogP contribution is 2.32. The number of carboxylic acid groups (broad SMARTS) is 1. The minimum Gasteiger partial charge on any atom is -0.550 e. The molecule has 0 atom stereocenters. The van der Waals surface area contributed by atoms with E-state index < -0.39 is 5.97 Å². The van der Waals surface area contributed by atoms with E-state index in [-0.39, 0.29) is 12.3 Å². The first-order chi connectivity index (χ1) is 11.5. The van der Waals surface area contributed by atoms with Crippen LogP contribution in [0, 0.1) is 0 Å². The molecule has 1 amide bonds. The summed E-state index contributed by atoms with van der Waals surface area (Å²) in [6, 6.07) is 7.49. The molecule has 7 heteroatoms. The summed E-state index contributed by atoms with van der Waals surface area (Å²) in [5.41, 5.74) is 0.883. The van der Waals surface area contributed by atoms with E-state index in [0.717, 1.165) is 17.7 Å². The zero-order chi connectivity index (χ0) is 17.5. The van der Waals surface area contributed by atoms with Gasteiger partial charge in [-0.25, -0.2) is 0 Å². The molecule has 1 aromatic carbocycles. The van der Waals surface area contributed by atoms with Gasteiger partial charge in [0.25, 0.3) is 5.91 Å². The summed E-state index contributed by atoms with van der Waals surface area (Å²) >= 11 is 6.43. The van der Waals surface area contributed by atoms with E-state index in [1.165, 1.54) is 16.7 Å². The number of nitrogens with zero attached hydrogens (tertiary/aromatic N) is 1. The molecule has 1 aliphatic rings. The van der Waals surface area contributed by atoms with Gasteiger partial charge in [0.05, 0.1) is 11.5 Å². The first-order valence-corrected chi connectivity index (χ1v) is 8.92. The van der Waals surface area contributed by atoms with Gasteiger partial charge < -0.3 is 14.6 Å². The normalized spacial score (nSPS) is 16.0. The Morgan fingerprint density at radius 2 is 2.08 bits per heavy atom. The van der Waals surface area contributed by atoms with Crippen LogP contribution in [0.3, 0.4) is 0 Å². The van der Waals surface area contributed by atoms with Crippen molar-refractivity contribution in [2.75, 3.05) is 13.2 Å². The van der Waals surface area contributed by atoms with Crippen LogP contribution < -0.4 is 9.84 Å². The van der Waals surface area contributed by atoms with Crippen molar-refractivity contribution in [1.82, 2.24) is 4.90 Å². The molecule has 1 heterocycles. The topological polar surface area (TPSA) is 69.7 Å². The first kappa shape index (κ1) is 18.5. The van der Waals surface area contributed by atoms with Crippen molar-refractivity contribution in [2.24, 2.45) is 0 Å². The number of aliphatic carboxylic acids is 1. The molecular weight excluding hydrogens is 346 g/mol. The Morgan fingerprint density at radius 3 is 2.71 bits per heavy atom. The molecule has 0 saturated carbocycles. The van der Waals surface area contributed by atoms with Gasteiger partial charge in [-0.2, -0.15) is 0 Å². The fourth-order valence-electron chi connectivity index (χ4n) is 2.11. The molecule has 1 aliphatic heterocycles. The van der Waals surface area contributed by atoms with Gasteiger partial charge >= 0.3 is 0 Å². The lowest BCUT2D eigenvalue weighted by Gasteiger charge is -2.14. The second-order valence-electron chi connectivity index (χ2n) is 5.23. The number of hydrogen-bond acceptors (Lipinski definition) is 6. The number of carbonyl (C=O) groups excluding carboxylic acids is 2. The maximum Gasteiger partial charge on any atom is 0.266 e. The molecular formula is C17H18NO4S2-. The van der Waals surface area contributed by atoms with Crippen molar-refractivity contribution < 1.29 is 19.4 Å². The Balaban J connectivity index is 2.01. The van der Waals surface area contributed by atoms with Crippen LogP contribution in [0.2, 0.25) is 0 Å². The molecule has 0 aromatic heterocycles. The van der Waals surface area contributed by atoms with Crippen LogP contribution in [-0.2, 0) is 9.59 Å². The highest BCUT2D eigenvalue weighted by Gasteiger charge is 2.31. The largest absolute Gasteiger partial charge is 0.550 e. The second kappa shape index (κ2) is 8.84. The second-order valence-corrected chi connectivity index (χ2v) is 6.90. The fourth-order valence-corrected chi connectivity index (χ4v) is 3.41. The van der Waals surface area contributed by atoms with E-state index in [2.05, 4.69) is 0 Å². The van der Waals surface area contributed by atoms with Crippen molar-refractivity contribution in [3.05, 3.63) is 34.7 Å². The summed E-state index contributed by atoms with van der Waals surface area (Å²) in [5, 5.41) is 10.5. The van der Waals surface area contributed by atoms with Gasteiger partial charge in [0.15, 0.2) is 0 Å². The molecule has 0 radical (unpaired) electrons. The summed E-state index contributed by atoms with van der Waals surface area (Å²) < 4.78 is 5.98. The minimum absolute atomic E-state index is 0.0880. The predicted octanol–water partition coefficient (Wildman–Crippen LogP) is 2.21. The van der Waals surface area contributed by atoms with Crippen LogP contribution in [-0.4, -0.2) is 34.2 Å². The van der Waals surface area contributed by atoms with E-state index in [9.17, 15) is 14.7 Å². The molecule has 0 aliphatic carbocycles. The van der Waals surface area contributed by atoms with Crippen LogP contribution in [0.1, 0.15) is 31.7 Å². The van der Waals surface area contributed by atoms with Gasteiger partial charge in [-0.05, 0) is 43.0 Å². The third-order valence-corrected chi connectivity index (χ3v) is 4.66. The maximum atomic E-state index is 12.4. The number of benzene rings is 1. The molecule has 0 spiro atoms. The van der Waals surface area contributed by atoms with Crippen molar-refractivity contribution in [3.8, 4) is 5.75 Å². The zero-order valence-corrected chi connectivity index (χ0v) is 15.0. The number of carbonyl (C=O) groups is 2. The first-order valence-electron chi connectivity index (χ1n) is 7.69.